The van der Waals surface area contributed by atoms with Crippen molar-refractivity contribution in [1.29, 1.82) is 0 Å². The van der Waals surface area contributed by atoms with Gasteiger partial charge < -0.3 is 10.2 Å². The lowest BCUT2D eigenvalue weighted by atomic mass is 10.3. The first-order valence-electron chi connectivity index (χ1n) is 6.63. The van der Waals surface area contributed by atoms with Gasteiger partial charge in [-0.05, 0) is 38.8 Å². The van der Waals surface area contributed by atoms with E-state index in [0.29, 0.717) is 23.4 Å². The molecule has 2 aromatic heterocycles. The summed E-state index contributed by atoms with van der Waals surface area (Å²) in [5.41, 5.74) is 4.22. The quantitative estimate of drug-likeness (QED) is 0.656. The molecule has 0 radical (unpaired) electrons. The van der Waals surface area contributed by atoms with Crippen LogP contribution in [0.15, 0.2) is 18.3 Å². The average Bonchev–Trinajstić information content (AvgIpc) is 3.28. The molecule has 0 unspecified atom stereocenters. The first kappa shape index (κ1) is 12.8. The molecule has 0 aromatic carbocycles. The van der Waals surface area contributed by atoms with Crippen molar-refractivity contribution in [2.75, 3.05) is 5.43 Å². The lowest BCUT2D eigenvalue weighted by molar-refractivity contribution is 0.449. The van der Waals surface area contributed by atoms with Gasteiger partial charge in [-0.25, -0.2) is 10.8 Å². The van der Waals surface area contributed by atoms with E-state index in [-0.39, 0.29) is 0 Å². The van der Waals surface area contributed by atoms with Crippen LogP contribution in [-0.2, 0) is 0 Å². The third kappa shape index (κ3) is 2.42. The molecule has 1 saturated carbocycles. The number of nitrogen functional groups attached to an aromatic ring is 1. The average molecular weight is 271 g/mol. The van der Waals surface area contributed by atoms with E-state index >= 15 is 0 Å². The molecule has 1 fully saturated rings. The Hall–Kier alpha value is -2.21. The number of aromatic nitrogens is 3. The summed E-state index contributed by atoms with van der Waals surface area (Å²) in [6.07, 6.45) is 3.98. The van der Waals surface area contributed by atoms with Crippen molar-refractivity contribution >= 4 is 5.82 Å². The van der Waals surface area contributed by atoms with Crippen LogP contribution in [0.2, 0.25) is 0 Å². The summed E-state index contributed by atoms with van der Waals surface area (Å²) in [7, 11) is 0. The number of hydrogen-bond acceptors (Lipinski definition) is 6. The van der Waals surface area contributed by atoms with Crippen LogP contribution >= 0.6 is 0 Å². The Bertz CT molecular complexity index is 639. The number of ether oxygens (including phenoxy) is 1. The molecular weight excluding hydrogens is 254 g/mol. The number of hydrazine groups is 1. The van der Waals surface area contributed by atoms with Gasteiger partial charge in [-0.2, -0.15) is 4.98 Å². The third-order valence-corrected chi connectivity index (χ3v) is 3.36. The molecule has 1 aliphatic carbocycles. The summed E-state index contributed by atoms with van der Waals surface area (Å²) >= 11 is 0. The Labute approximate surface area is 117 Å². The molecule has 2 heterocycles. The fourth-order valence-electron chi connectivity index (χ4n) is 1.96. The van der Waals surface area contributed by atoms with Gasteiger partial charge >= 0.3 is 0 Å². The van der Waals surface area contributed by atoms with Crippen molar-refractivity contribution in [2.24, 2.45) is 5.84 Å². The maximum absolute atomic E-state index is 5.89. The smallest absolute Gasteiger partial charge is 0.227 e. The Morgan fingerprint density at radius 3 is 2.75 bits per heavy atom. The molecule has 1 aliphatic rings. The highest BCUT2D eigenvalue weighted by atomic mass is 16.5. The standard InChI is InChI=1S/C14H17N5O/c1-8-12(19-15)17-13(10-5-6-10)18-14(8)20-11-4-3-7-16-9(11)2/h3-4,7,10H,5-6,15H2,1-2H3,(H,17,18,19). The molecule has 20 heavy (non-hydrogen) atoms. The molecule has 0 saturated heterocycles. The maximum atomic E-state index is 5.89. The lowest BCUT2D eigenvalue weighted by Crippen LogP contribution is -2.13. The highest BCUT2D eigenvalue weighted by molar-refractivity contribution is 5.49. The fraction of sp³-hybridized carbons (Fsp3) is 0.357. The Balaban J connectivity index is 1.99. The Morgan fingerprint density at radius 2 is 2.10 bits per heavy atom. The zero-order chi connectivity index (χ0) is 14.1. The number of nitrogens with one attached hydrogen (secondary N) is 1. The summed E-state index contributed by atoms with van der Waals surface area (Å²) in [6, 6.07) is 3.71. The van der Waals surface area contributed by atoms with Crippen LogP contribution in [-0.4, -0.2) is 15.0 Å². The van der Waals surface area contributed by atoms with Crippen molar-refractivity contribution in [3.8, 4) is 11.6 Å². The van der Waals surface area contributed by atoms with E-state index < -0.39 is 0 Å². The van der Waals surface area contributed by atoms with Crippen LogP contribution in [0.1, 0.15) is 35.8 Å². The number of rotatable bonds is 4. The summed E-state index contributed by atoms with van der Waals surface area (Å²) < 4.78 is 5.89. The molecule has 0 atom stereocenters. The summed E-state index contributed by atoms with van der Waals surface area (Å²) in [5.74, 6) is 8.58. The van der Waals surface area contributed by atoms with E-state index in [1.54, 1.807) is 6.20 Å². The highest BCUT2D eigenvalue weighted by Gasteiger charge is 2.28. The van der Waals surface area contributed by atoms with Gasteiger partial charge in [0.05, 0.1) is 11.3 Å². The second-order valence-corrected chi connectivity index (χ2v) is 4.97. The van der Waals surface area contributed by atoms with Crippen LogP contribution in [0, 0.1) is 13.8 Å². The minimum Gasteiger partial charge on any atom is -0.437 e. The number of pyridine rings is 1. The van der Waals surface area contributed by atoms with Crippen molar-refractivity contribution in [3.05, 3.63) is 35.4 Å². The number of nitrogens with two attached hydrogens (primary N) is 1. The highest BCUT2D eigenvalue weighted by Crippen LogP contribution is 2.40. The number of hydrogen-bond donors (Lipinski definition) is 2. The normalized spacial score (nSPS) is 14.2. The van der Waals surface area contributed by atoms with Crippen molar-refractivity contribution in [3.63, 3.8) is 0 Å². The van der Waals surface area contributed by atoms with Gasteiger partial charge in [0.2, 0.25) is 5.88 Å². The molecule has 0 aliphatic heterocycles. The zero-order valence-electron chi connectivity index (χ0n) is 11.6. The molecule has 0 spiro atoms. The Kier molecular flexibility index (Phi) is 3.23. The van der Waals surface area contributed by atoms with Gasteiger partial charge in [0.15, 0.2) is 11.6 Å². The second-order valence-electron chi connectivity index (χ2n) is 4.97. The minimum atomic E-state index is 0.431. The molecule has 3 N–H and O–H groups in total. The first-order valence-corrected chi connectivity index (χ1v) is 6.63. The Morgan fingerprint density at radius 1 is 1.30 bits per heavy atom. The largest absolute Gasteiger partial charge is 0.437 e. The zero-order valence-corrected chi connectivity index (χ0v) is 11.6. The van der Waals surface area contributed by atoms with E-state index in [1.165, 1.54) is 0 Å². The molecule has 2 aromatic rings. The van der Waals surface area contributed by atoms with Gasteiger partial charge in [0.1, 0.15) is 5.82 Å². The van der Waals surface area contributed by atoms with Gasteiger partial charge in [0, 0.05) is 12.1 Å². The summed E-state index contributed by atoms with van der Waals surface area (Å²) in [6.45, 7) is 3.78. The third-order valence-electron chi connectivity index (χ3n) is 3.36. The monoisotopic (exact) mass is 271 g/mol. The fourth-order valence-corrected chi connectivity index (χ4v) is 1.96. The molecule has 0 bridgehead atoms. The molecule has 0 amide bonds. The van der Waals surface area contributed by atoms with Gasteiger partial charge in [-0.15, -0.1) is 0 Å². The van der Waals surface area contributed by atoms with E-state index in [2.05, 4.69) is 20.4 Å². The second kappa shape index (κ2) is 5.05. The van der Waals surface area contributed by atoms with Crippen LogP contribution in [0.5, 0.6) is 11.6 Å². The van der Waals surface area contributed by atoms with Gasteiger partial charge in [-0.3, -0.25) is 4.98 Å². The van der Waals surface area contributed by atoms with E-state index in [9.17, 15) is 0 Å². The molecule has 104 valence electrons. The van der Waals surface area contributed by atoms with Crippen molar-refractivity contribution in [2.45, 2.75) is 32.6 Å². The van der Waals surface area contributed by atoms with Gasteiger partial charge in [-0.1, -0.05) is 0 Å². The molecule has 6 heteroatoms. The SMILES string of the molecule is Cc1ncccc1Oc1nc(C2CC2)nc(NN)c1C. The lowest BCUT2D eigenvalue weighted by Gasteiger charge is -2.13. The van der Waals surface area contributed by atoms with Gasteiger partial charge in [0.25, 0.3) is 0 Å². The summed E-state index contributed by atoms with van der Waals surface area (Å²) in [4.78, 5) is 13.2. The van der Waals surface area contributed by atoms with Crippen LogP contribution < -0.4 is 16.0 Å². The maximum Gasteiger partial charge on any atom is 0.227 e. The first-order chi connectivity index (χ1) is 9.69. The molecule has 3 rings (SSSR count). The van der Waals surface area contributed by atoms with E-state index in [0.717, 1.165) is 29.9 Å². The predicted molar refractivity (Wildman–Crippen MR) is 75.6 cm³/mol. The van der Waals surface area contributed by atoms with Crippen LogP contribution in [0.25, 0.3) is 0 Å². The molecular formula is C14H17N5O. The van der Waals surface area contributed by atoms with Crippen molar-refractivity contribution < 1.29 is 4.74 Å². The van der Waals surface area contributed by atoms with Crippen molar-refractivity contribution in [1.82, 2.24) is 15.0 Å². The number of anilines is 1. The topological polar surface area (TPSA) is 86.0 Å². The number of aryl methyl sites for hydroxylation is 1. The van der Waals surface area contributed by atoms with Crippen LogP contribution in [0.4, 0.5) is 5.82 Å². The summed E-state index contributed by atoms with van der Waals surface area (Å²) in [5, 5.41) is 0. The minimum absolute atomic E-state index is 0.431. The molecule has 6 nitrogen and oxygen atoms in total. The van der Waals surface area contributed by atoms with E-state index in [1.807, 2.05) is 26.0 Å². The number of nitrogens with zero attached hydrogens (tertiary/aromatic N) is 3. The predicted octanol–water partition coefficient (Wildman–Crippen LogP) is 2.44. The van der Waals surface area contributed by atoms with Crippen LogP contribution in [0.3, 0.4) is 0 Å². The van der Waals surface area contributed by atoms with E-state index in [4.69, 9.17) is 10.6 Å².